The molecule has 1 heterocycles. The standard InChI is InChI=1S/C41H29FN/c1-26-35-17-3-4-18-36(35)38-23-37(26)41-24-39(40(42)25-43(41)2)34-16-8-14-32(22-34)30-12-6-10-28(20-30)27-9-5-11-29(19-27)31-13-7-15-33(38)21-31/h3-25H,1-2H3/q+1. The van der Waals surface area contributed by atoms with Gasteiger partial charge in [0, 0.05) is 11.5 Å². The van der Waals surface area contributed by atoms with Gasteiger partial charge in [0.15, 0.2) is 5.82 Å². The molecule has 2 heteroatoms. The zero-order valence-corrected chi connectivity index (χ0v) is 24.1. The highest BCUT2D eigenvalue weighted by Crippen LogP contribution is 2.33. The zero-order valence-electron chi connectivity index (χ0n) is 24.1. The van der Waals surface area contributed by atoms with E-state index in [-0.39, 0.29) is 5.82 Å². The van der Waals surface area contributed by atoms with Crippen LogP contribution in [-0.2, 0) is 7.05 Å². The molecule has 7 aromatic carbocycles. The number of nitrogens with zero attached hydrogens (tertiary/aromatic N) is 1. The number of halogens is 1. The quantitative estimate of drug-likeness (QED) is 0.164. The molecule has 1 aromatic heterocycles. The minimum atomic E-state index is -0.241. The SMILES string of the molecule is Cc1c2ccccc2c2cc1c1cc(c(F)c[n+]1C)c1cccc(c1)c1cccc(c1)c1cccc(c1)c1cccc2c1. The molecule has 1 nitrogen and oxygen atoms in total. The first-order valence-corrected chi connectivity index (χ1v) is 14.7. The van der Waals surface area contributed by atoms with Gasteiger partial charge >= 0.3 is 0 Å². The van der Waals surface area contributed by atoms with E-state index in [1.54, 1.807) is 6.20 Å². The number of benzene rings is 6. The summed E-state index contributed by atoms with van der Waals surface area (Å²) in [5, 5.41) is 14.1. The summed E-state index contributed by atoms with van der Waals surface area (Å²) in [4.78, 5) is 0. The first kappa shape index (κ1) is 25.4. The highest BCUT2D eigenvalue weighted by Gasteiger charge is 2.14. The summed E-state index contributed by atoms with van der Waals surface area (Å²) in [7, 11) is 1.93. The first-order valence-electron chi connectivity index (χ1n) is 14.7. The van der Waals surface area contributed by atoms with Crippen LogP contribution in [0.15, 0.2) is 140 Å². The van der Waals surface area contributed by atoms with Crippen LogP contribution in [0.25, 0.3) is 75.5 Å². The van der Waals surface area contributed by atoms with Gasteiger partial charge in [0.1, 0.15) is 7.05 Å². The maximum absolute atomic E-state index is 15.7. The molecule has 0 aliphatic carbocycles. The van der Waals surface area contributed by atoms with Gasteiger partial charge in [0.05, 0.1) is 5.39 Å². The van der Waals surface area contributed by atoms with Crippen LogP contribution in [0.5, 0.6) is 0 Å². The lowest BCUT2D eigenvalue weighted by Gasteiger charge is -2.09. The van der Waals surface area contributed by atoms with Crippen molar-refractivity contribution in [1.29, 1.82) is 0 Å². The lowest BCUT2D eigenvalue weighted by atomic mass is 9.95. The Morgan fingerprint density at radius 1 is 0.419 bits per heavy atom. The van der Waals surface area contributed by atoms with Crippen molar-refractivity contribution in [2.24, 2.45) is 7.05 Å². The van der Waals surface area contributed by atoms with Gasteiger partial charge < -0.3 is 0 Å². The fourth-order valence-corrected chi connectivity index (χ4v) is 6.62. The summed E-state index contributed by atoms with van der Waals surface area (Å²) >= 11 is 0. The predicted octanol–water partition coefficient (Wildman–Crippen LogP) is 10.7. The van der Waals surface area contributed by atoms with Crippen molar-refractivity contribution in [2.75, 3.05) is 0 Å². The minimum absolute atomic E-state index is 0.241. The zero-order chi connectivity index (χ0) is 29.1. The van der Waals surface area contributed by atoms with Gasteiger partial charge in [-0.1, -0.05) is 97.1 Å². The van der Waals surface area contributed by atoms with Crippen LogP contribution in [0.2, 0.25) is 0 Å². The summed E-state index contributed by atoms with van der Waals surface area (Å²) in [6.07, 6.45) is 1.61. The lowest BCUT2D eigenvalue weighted by molar-refractivity contribution is -0.646. The summed E-state index contributed by atoms with van der Waals surface area (Å²) in [6.45, 7) is 2.17. The van der Waals surface area contributed by atoms with E-state index < -0.39 is 0 Å². The van der Waals surface area contributed by atoms with Crippen molar-refractivity contribution < 1.29 is 8.96 Å². The molecule has 0 aliphatic heterocycles. The number of aromatic nitrogens is 1. The van der Waals surface area contributed by atoms with Gasteiger partial charge in [-0.2, -0.15) is 8.96 Å². The molecule has 8 rings (SSSR count). The van der Waals surface area contributed by atoms with Gasteiger partial charge in [0.25, 0.3) is 0 Å². The Morgan fingerprint density at radius 2 is 0.860 bits per heavy atom. The van der Waals surface area contributed by atoms with E-state index in [9.17, 15) is 0 Å². The van der Waals surface area contributed by atoms with Crippen molar-refractivity contribution in [3.63, 3.8) is 0 Å². The highest BCUT2D eigenvalue weighted by atomic mass is 19.1. The molecule has 0 saturated carbocycles. The van der Waals surface area contributed by atoms with Gasteiger partial charge in [0.2, 0.25) is 11.7 Å². The number of aryl methyl sites for hydroxylation is 2. The topological polar surface area (TPSA) is 3.88 Å². The fourth-order valence-electron chi connectivity index (χ4n) is 6.62. The van der Waals surface area contributed by atoms with Crippen LogP contribution in [0.4, 0.5) is 4.39 Å². The predicted molar refractivity (Wildman–Crippen MR) is 181 cm³/mol. The second-order valence-electron chi connectivity index (χ2n) is 11.5. The first-order chi connectivity index (χ1) is 21.0. The van der Waals surface area contributed by atoms with E-state index in [2.05, 4.69) is 122 Å². The van der Waals surface area contributed by atoms with Crippen LogP contribution in [0.1, 0.15) is 5.56 Å². The third-order valence-corrected chi connectivity index (χ3v) is 8.89. The van der Waals surface area contributed by atoms with Crippen molar-refractivity contribution in [2.45, 2.75) is 6.92 Å². The third kappa shape index (κ3) is 4.26. The summed E-state index contributed by atoms with van der Waals surface area (Å²) in [6, 6.07) is 47.3. The minimum Gasteiger partial charge on any atom is -0.200 e. The molecule has 12 bridgehead atoms. The van der Waals surface area contributed by atoms with E-state index in [0.29, 0.717) is 5.39 Å². The van der Waals surface area contributed by atoms with E-state index >= 15 is 4.39 Å². The number of pyridine rings is 1. The fraction of sp³-hybridized carbons (Fsp3) is 0.0488. The molecule has 204 valence electrons. The second kappa shape index (κ2) is 9.89. The third-order valence-electron chi connectivity index (χ3n) is 8.89. The average Bonchev–Trinajstić information content (AvgIpc) is 3.05. The monoisotopic (exact) mass is 554 g/mol. The Kier molecular flexibility index (Phi) is 5.84. The van der Waals surface area contributed by atoms with Crippen LogP contribution < -0.4 is 4.57 Å². The van der Waals surface area contributed by atoms with Crippen molar-refractivity contribution in [1.82, 2.24) is 0 Å². The molecule has 0 N–H and O–H groups in total. The number of hydrogen-bond acceptors (Lipinski definition) is 0. The van der Waals surface area contributed by atoms with E-state index in [4.69, 9.17) is 0 Å². The summed E-state index contributed by atoms with van der Waals surface area (Å²) in [5.74, 6) is -0.241. The molecule has 0 spiro atoms. The molecule has 0 fully saturated rings. The van der Waals surface area contributed by atoms with Crippen molar-refractivity contribution >= 4 is 75.5 Å². The smallest absolute Gasteiger partial charge is 0.200 e. The number of fused-ring (bicyclic) bond motifs is 20. The average molecular weight is 555 g/mol. The van der Waals surface area contributed by atoms with Crippen LogP contribution in [0.3, 0.4) is 0 Å². The molecule has 0 atom stereocenters. The maximum Gasteiger partial charge on any atom is 0.213 e. The lowest BCUT2D eigenvalue weighted by Crippen LogP contribution is -2.29. The van der Waals surface area contributed by atoms with E-state index in [1.165, 1.54) is 27.1 Å². The normalized spacial score (nSPS) is 11.6. The molecule has 0 aliphatic rings. The largest absolute Gasteiger partial charge is 0.213 e. The summed E-state index contributed by atoms with van der Waals surface area (Å²) in [5.41, 5.74) is 2.15. The Hall–Kier alpha value is -5.34. The van der Waals surface area contributed by atoms with Gasteiger partial charge in [-0.25, -0.2) is 0 Å². The maximum atomic E-state index is 15.7. The summed E-state index contributed by atoms with van der Waals surface area (Å²) < 4.78 is 17.6. The van der Waals surface area contributed by atoms with Gasteiger partial charge in [-0.3, -0.25) is 0 Å². The van der Waals surface area contributed by atoms with Crippen molar-refractivity contribution in [3.8, 4) is 0 Å². The molecular weight excluding hydrogens is 525 g/mol. The Balaban J connectivity index is 1.69. The molecular formula is C41H29FN+. The van der Waals surface area contributed by atoms with Crippen LogP contribution in [-0.4, -0.2) is 0 Å². The highest BCUT2D eigenvalue weighted by molar-refractivity contribution is 6.13. The van der Waals surface area contributed by atoms with E-state index in [1.807, 2.05) is 29.8 Å². The van der Waals surface area contributed by atoms with Crippen LogP contribution in [0, 0.1) is 12.7 Å². The van der Waals surface area contributed by atoms with Crippen molar-refractivity contribution in [3.05, 3.63) is 151 Å². The molecule has 0 saturated heterocycles. The van der Waals surface area contributed by atoms with Gasteiger partial charge in [-0.15, -0.1) is 0 Å². The Bertz CT molecular complexity index is 2540. The van der Waals surface area contributed by atoms with Crippen LogP contribution >= 0.6 is 0 Å². The number of rotatable bonds is 0. The Labute approximate surface area is 249 Å². The molecule has 0 amide bonds. The van der Waals surface area contributed by atoms with E-state index in [0.717, 1.165) is 48.6 Å². The molecule has 0 unspecified atom stereocenters. The molecule has 8 aromatic rings. The Morgan fingerprint density at radius 3 is 1.40 bits per heavy atom. The number of hydrogen-bond donors (Lipinski definition) is 0. The molecule has 43 heavy (non-hydrogen) atoms. The second-order valence-corrected chi connectivity index (χ2v) is 11.5. The van der Waals surface area contributed by atoms with Gasteiger partial charge in [-0.05, 0) is 102 Å². The molecule has 0 radical (unpaired) electrons.